The third-order valence-corrected chi connectivity index (χ3v) is 2.92. The minimum absolute atomic E-state index is 0.305. The van der Waals surface area contributed by atoms with E-state index in [9.17, 15) is 4.79 Å². The van der Waals surface area contributed by atoms with E-state index in [4.69, 9.17) is 9.15 Å². The van der Waals surface area contributed by atoms with Gasteiger partial charge in [-0.15, -0.1) is 0 Å². The van der Waals surface area contributed by atoms with Crippen molar-refractivity contribution in [1.29, 1.82) is 0 Å². The zero-order chi connectivity index (χ0) is 13.8. The summed E-state index contributed by atoms with van der Waals surface area (Å²) < 4.78 is 11.3. The smallest absolute Gasteiger partial charge is 0.427 e. The lowest BCUT2D eigenvalue weighted by atomic mass is 10.2. The topological polar surface area (TPSA) is 63.8 Å². The number of furan rings is 1. The van der Waals surface area contributed by atoms with Gasteiger partial charge in [-0.2, -0.15) is 5.10 Å². The molecule has 0 bridgehead atoms. The largest absolute Gasteiger partial charge is 0.455 e. The molecule has 19 heavy (non-hydrogen) atoms. The molecule has 0 aliphatic heterocycles. The number of hydrazone groups is 1. The third-order valence-electron chi connectivity index (χ3n) is 2.43. The standard InChI is InChI=1S/C13H13BrN2O3/c1-3-18-13(17)16-15-8(2)12-7-9-6-10(14)4-5-11(9)19-12/h4-7H,3H2,1-2H3,(H,16,17)/b15-8-. The number of amides is 1. The molecule has 1 heterocycles. The van der Waals surface area contributed by atoms with E-state index in [1.54, 1.807) is 13.8 Å². The van der Waals surface area contributed by atoms with Gasteiger partial charge in [-0.05, 0) is 38.1 Å². The van der Waals surface area contributed by atoms with Gasteiger partial charge in [-0.3, -0.25) is 0 Å². The number of ether oxygens (including phenoxy) is 1. The minimum Gasteiger partial charge on any atom is -0.455 e. The number of benzene rings is 1. The molecule has 1 N–H and O–H groups in total. The Balaban J connectivity index is 2.19. The van der Waals surface area contributed by atoms with Crippen molar-refractivity contribution in [2.45, 2.75) is 13.8 Å². The van der Waals surface area contributed by atoms with Crippen molar-refractivity contribution in [2.75, 3.05) is 6.61 Å². The van der Waals surface area contributed by atoms with Crippen LogP contribution in [0.4, 0.5) is 4.79 Å². The molecular weight excluding hydrogens is 312 g/mol. The summed E-state index contributed by atoms with van der Waals surface area (Å²) in [5.74, 6) is 0.602. The second kappa shape index (κ2) is 5.88. The van der Waals surface area contributed by atoms with Crippen LogP contribution >= 0.6 is 15.9 Å². The van der Waals surface area contributed by atoms with Crippen molar-refractivity contribution in [1.82, 2.24) is 5.43 Å². The van der Waals surface area contributed by atoms with Gasteiger partial charge in [0.1, 0.15) is 11.3 Å². The monoisotopic (exact) mass is 324 g/mol. The van der Waals surface area contributed by atoms with Crippen molar-refractivity contribution in [3.63, 3.8) is 0 Å². The van der Waals surface area contributed by atoms with Crippen molar-refractivity contribution >= 4 is 38.7 Å². The number of halogens is 1. The van der Waals surface area contributed by atoms with E-state index in [1.165, 1.54) is 0 Å². The Morgan fingerprint density at radius 2 is 2.26 bits per heavy atom. The van der Waals surface area contributed by atoms with Crippen molar-refractivity contribution in [3.05, 3.63) is 34.5 Å². The Bertz CT molecular complexity index is 634. The van der Waals surface area contributed by atoms with Gasteiger partial charge in [0.2, 0.25) is 0 Å². The van der Waals surface area contributed by atoms with Crippen LogP contribution in [0.3, 0.4) is 0 Å². The van der Waals surface area contributed by atoms with Crippen LogP contribution in [0.25, 0.3) is 11.0 Å². The van der Waals surface area contributed by atoms with Crippen LogP contribution in [-0.4, -0.2) is 18.4 Å². The number of rotatable bonds is 3. The molecule has 1 amide bonds. The second-order valence-electron chi connectivity index (χ2n) is 3.82. The highest BCUT2D eigenvalue weighted by Crippen LogP contribution is 2.23. The molecule has 0 unspecified atom stereocenters. The maximum atomic E-state index is 11.1. The van der Waals surface area contributed by atoms with E-state index in [-0.39, 0.29) is 0 Å². The minimum atomic E-state index is -0.583. The molecular formula is C13H13BrN2O3. The van der Waals surface area contributed by atoms with E-state index < -0.39 is 6.09 Å². The number of fused-ring (bicyclic) bond motifs is 1. The summed E-state index contributed by atoms with van der Waals surface area (Å²) in [6.07, 6.45) is -0.583. The molecule has 5 nitrogen and oxygen atoms in total. The van der Waals surface area contributed by atoms with Crippen molar-refractivity contribution < 1.29 is 13.9 Å². The molecule has 0 spiro atoms. The third kappa shape index (κ3) is 3.35. The fraction of sp³-hybridized carbons (Fsp3) is 0.231. The molecule has 0 atom stereocenters. The molecule has 0 saturated heterocycles. The maximum Gasteiger partial charge on any atom is 0.427 e. The van der Waals surface area contributed by atoms with Gasteiger partial charge in [-0.1, -0.05) is 15.9 Å². The maximum absolute atomic E-state index is 11.1. The predicted molar refractivity (Wildman–Crippen MR) is 76.3 cm³/mol. The average Bonchev–Trinajstić information content (AvgIpc) is 2.79. The van der Waals surface area contributed by atoms with Crippen LogP contribution in [0.1, 0.15) is 19.6 Å². The van der Waals surface area contributed by atoms with Gasteiger partial charge in [0, 0.05) is 9.86 Å². The zero-order valence-corrected chi connectivity index (χ0v) is 12.2. The summed E-state index contributed by atoms with van der Waals surface area (Å²) in [6, 6.07) is 7.59. The van der Waals surface area contributed by atoms with Gasteiger partial charge >= 0.3 is 6.09 Å². The lowest BCUT2D eigenvalue weighted by molar-refractivity contribution is 0.152. The highest BCUT2D eigenvalue weighted by molar-refractivity contribution is 9.10. The number of carbonyl (C=O) groups excluding carboxylic acids is 1. The van der Waals surface area contributed by atoms with Gasteiger partial charge in [0.25, 0.3) is 0 Å². The SMILES string of the molecule is CCOC(=O)N/N=C(/C)c1cc2cc(Br)ccc2o1. The van der Waals surface area contributed by atoms with Crippen LogP contribution in [0.5, 0.6) is 0 Å². The fourth-order valence-corrected chi connectivity index (χ4v) is 1.92. The highest BCUT2D eigenvalue weighted by Gasteiger charge is 2.07. The summed E-state index contributed by atoms with van der Waals surface area (Å²) in [7, 11) is 0. The first-order chi connectivity index (χ1) is 9.10. The van der Waals surface area contributed by atoms with Crippen LogP contribution in [0.15, 0.2) is 38.3 Å². The molecule has 1 aromatic carbocycles. The first-order valence-corrected chi connectivity index (χ1v) is 6.56. The highest BCUT2D eigenvalue weighted by atomic mass is 79.9. The summed E-state index contributed by atoms with van der Waals surface area (Å²) in [5, 5.41) is 4.88. The Hall–Kier alpha value is -1.82. The van der Waals surface area contributed by atoms with Crippen LogP contribution in [0, 0.1) is 0 Å². The Morgan fingerprint density at radius 3 is 3.00 bits per heavy atom. The molecule has 0 aliphatic rings. The summed E-state index contributed by atoms with van der Waals surface area (Å²) >= 11 is 3.40. The fourth-order valence-electron chi connectivity index (χ4n) is 1.54. The Morgan fingerprint density at radius 1 is 1.47 bits per heavy atom. The van der Waals surface area contributed by atoms with Gasteiger partial charge in [0.15, 0.2) is 5.76 Å². The normalized spacial score (nSPS) is 11.6. The van der Waals surface area contributed by atoms with E-state index >= 15 is 0 Å². The Kier molecular flexibility index (Phi) is 4.21. The first kappa shape index (κ1) is 13.6. The summed E-state index contributed by atoms with van der Waals surface area (Å²) in [5.41, 5.74) is 3.63. The Labute approximate surface area is 118 Å². The molecule has 0 fully saturated rings. The molecule has 0 saturated carbocycles. The van der Waals surface area contributed by atoms with E-state index in [1.807, 2.05) is 24.3 Å². The molecule has 6 heteroatoms. The van der Waals surface area contributed by atoms with Crippen LogP contribution < -0.4 is 5.43 Å². The van der Waals surface area contributed by atoms with E-state index in [0.29, 0.717) is 18.1 Å². The summed E-state index contributed by atoms with van der Waals surface area (Å²) in [4.78, 5) is 11.1. The van der Waals surface area contributed by atoms with Crippen LogP contribution in [0.2, 0.25) is 0 Å². The molecule has 0 aliphatic carbocycles. The number of hydrogen-bond donors (Lipinski definition) is 1. The first-order valence-electron chi connectivity index (χ1n) is 5.76. The number of hydrogen-bond acceptors (Lipinski definition) is 4. The quantitative estimate of drug-likeness (QED) is 0.692. The van der Waals surface area contributed by atoms with Crippen molar-refractivity contribution in [2.24, 2.45) is 5.10 Å². The molecule has 0 radical (unpaired) electrons. The summed E-state index contributed by atoms with van der Waals surface area (Å²) in [6.45, 7) is 3.78. The molecule has 100 valence electrons. The molecule has 1 aromatic heterocycles. The van der Waals surface area contributed by atoms with E-state index in [0.717, 1.165) is 15.4 Å². The second-order valence-corrected chi connectivity index (χ2v) is 4.74. The average molecular weight is 325 g/mol. The molecule has 2 rings (SSSR count). The van der Waals surface area contributed by atoms with Gasteiger partial charge in [0.05, 0.1) is 6.61 Å². The van der Waals surface area contributed by atoms with Gasteiger partial charge < -0.3 is 9.15 Å². The number of carbonyl (C=O) groups is 1. The predicted octanol–water partition coefficient (Wildman–Crippen LogP) is 3.67. The van der Waals surface area contributed by atoms with Gasteiger partial charge in [-0.25, -0.2) is 10.2 Å². The zero-order valence-electron chi connectivity index (χ0n) is 10.6. The number of nitrogens with one attached hydrogen (secondary N) is 1. The van der Waals surface area contributed by atoms with Crippen molar-refractivity contribution in [3.8, 4) is 0 Å². The van der Waals surface area contributed by atoms with Crippen LogP contribution in [-0.2, 0) is 4.74 Å². The van der Waals surface area contributed by atoms with E-state index in [2.05, 4.69) is 26.5 Å². The molecule has 2 aromatic rings. The number of nitrogens with zero attached hydrogens (tertiary/aromatic N) is 1. The lowest BCUT2D eigenvalue weighted by Gasteiger charge is -2.00. The lowest BCUT2D eigenvalue weighted by Crippen LogP contribution is -2.20.